The second kappa shape index (κ2) is 13.2. The number of rotatable bonds is 5. The van der Waals surface area contributed by atoms with Crippen LogP contribution >= 0.6 is 0 Å². The fraction of sp³-hybridized carbons (Fsp3) is 0.354. The van der Waals surface area contributed by atoms with Gasteiger partial charge >= 0.3 is 0 Å². The van der Waals surface area contributed by atoms with Gasteiger partial charge in [0.1, 0.15) is 6.67 Å². The Bertz CT molecular complexity index is 1920. The van der Waals surface area contributed by atoms with Crippen LogP contribution in [0.15, 0.2) is 120 Å². The van der Waals surface area contributed by atoms with Crippen LogP contribution < -0.4 is 9.91 Å². The summed E-state index contributed by atoms with van der Waals surface area (Å²) in [6.07, 6.45) is 0. The van der Waals surface area contributed by atoms with Gasteiger partial charge in [-0.25, -0.2) is 5.01 Å². The van der Waals surface area contributed by atoms with Crippen molar-refractivity contribution in [2.75, 3.05) is 16.6 Å². The minimum absolute atomic E-state index is 0.000778. The summed E-state index contributed by atoms with van der Waals surface area (Å²) in [4.78, 5) is 2.42. The van der Waals surface area contributed by atoms with Crippen LogP contribution in [0.5, 0.6) is 0 Å². The lowest BCUT2D eigenvalue weighted by Crippen LogP contribution is -2.32. The molecule has 3 heteroatoms. The lowest BCUT2D eigenvalue weighted by molar-refractivity contribution is 0.567. The van der Waals surface area contributed by atoms with E-state index in [1.165, 1.54) is 44.5 Å². The van der Waals surface area contributed by atoms with Gasteiger partial charge in [-0.1, -0.05) is 156 Å². The van der Waals surface area contributed by atoms with Crippen molar-refractivity contribution in [2.45, 2.75) is 105 Å². The predicted octanol–water partition coefficient (Wildman–Crippen LogP) is 12.9. The Balaban J connectivity index is 1.61. The van der Waals surface area contributed by atoms with E-state index in [1.54, 1.807) is 0 Å². The van der Waals surface area contributed by atoms with Gasteiger partial charge in [-0.15, -0.1) is 0 Å². The van der Waals surface area contributed by atoms with Crippen molar-refractivity contribution < 1.29 is 0 Å². The normalized spacial score (nSPS) is 14.2. The third kappa shape index (κ3) is 7.99. The molecule has 0 fully saturated rings. The number of benzene rings is 5. The summed E-state index contributed by atoms with van der Waals surface area (Å²) >= 11 is 0. The number of nitrogens with zero attached hydrogens (tertiary/aromatic N) is 3. The van der Waals surface area contributed by atoms with Crippen LogP contribution in [0.1, 0.15) is 111 Å². The lowest BCUT2D eigenvalue weighted by atomic mass is 9.79. The Hall–Kier alpha value is -4.63. The van der Waals surface area contributed by atoms with Crippen LogP contribution in [-0.4, -0.2) is 12.5 Å². The van der Waals surface area contributed by atoms with Crippen molar-refractivity contribution in [3.05, 3.63) is 143 Å². The van der Waals surface area contributed by atoms with Gasteiger partial charge in [0.05, 0.1) is 5.69 Å². The molecule has 1 aliphatic heterocycles. The van der Waals surface area contributed by atoms with E-state index in [2.05, 4.69) is 208 Å². The van der Waals surface area contributed by atoms with Gasteiger partial charge in [-0.3, -0.25) is 0 Å². The van der Waals surface area contributed by atoms with E-state index in [0.717, 1.165) is 22.8 Å². The molecule has 0 aromatic heterocycles. The smallest absolute Gasteiger partial charge is 0.162 e. The monoisotopic (exact) mass is 675 g/mol. The van der Waals surface area contributed by atoms with Gasteiger partial charge in [0.15, 0.2) is 5.84 Å². The first-order valence-electron chi connectivity index (χ1n) is 18.5. The summed E-state index contributed by atoms with van der Waals surface area (Å²) in [6, 6.07) is 42.7. The number of hydrogen-bond donors (Lipinski definition) is 0. The first kappa shape index (κ1) is 36.2. The zero-order chi connectivity index (χ0) is 36.9. The van der Waals surface area contributed by atoms with Crippen molar-refractivity contribution in [3.63, 3.8) is 0 Å². The maximum Gasteiger partial charge on any atom is 0.162 e. The Kier molecular flexibility index (Phi) is 9.34. The molecule has 1 aliphatic rings. The summed E-state index contributed by atoms with van der Waals surface area (Å²) in [7, 11) is 0. The van der Waals surface area contributed by atoms with Crippen LogP contribution in [-0.2, 0) is 21.7 Å². The Labute approximate surface area is 308 Å². The van der Waals surface area contributed by atoms with Gasteiger partial charge in [-0.2, -0.15) is 5.10 Å². The fourth-order valence-electron chi connectivity index (χ4n) is 6.57. The molecule has 0 saturated heterocycles. The van der Waals surface area contributed by atoms with Crippen molar-refractivity contribution in [2.24, 2.45) is 5.10 Å². The molecule has 0 spiro atoms. The van der Waals surface area contributed by atoms with Crippen molar-refractivity contribution in [1.29, 1.82) is 0 Å². The predicted molar refractivity (Wildman–Crippen MR) is 221 cm³/mol. The zero-order valence-corrected chi connectivity index (χ0v) is 33.0. The third-order valence-corrected chi connectivity index (χ3v) is 10.1. The molecule has 6 rings (SSSR count). The molecule has 0 bridgehead atoms. The van der Waals surface area contributed by atoms with Crippen LogP contribution in [0.2, 0.25) is 0 Å². The molecule has 5 aromatic rings. The van der Waals surface area contributed by atoms with Crippen molar-refractivity contribution >= 4 is 17.2 Å². The topological polar surface area (TPSA) is 18.8 Å². The van der Waals surface area contributed by atoms with Crippen LogP contribution in [0.4, 0.5) is 11.4 Å². The standard InChI is InChI=1S/C48H57N3/c1-45(2,3)38-24-37(25-39(28-38)46(4,5)6)44-49-51(43-30-40(47(7,8)9)29-41(31-43)48(10,11)12)32-50(44)42-26-35(33-19-15-13-16-20-33)23-36(27-42)34-21-17-14-18-22-34/h13-31H,32H2,1-12H3. The summed E-state index contributed by atoms with van der Waals surface area (Å²) < 4.78 is 0. The van der Waals surface area contributed by atoms with Gasteiger partial charge in [0.25, 0.3) is 0 Å². The maximum absolute atomic E-state index is 5.56. The highest BCUT2D eigenvalue weighted by Gasteiger charge is 2.32. The van der Waals surface area contributed by atoms with Crippen LogP contribution in [0.3, 0.4) is 0 Å². The third-order valence-electron chi connectivity index (χ3n) is 10.1. The van der Waals surface area contributed by atoms with E-state index >= 15 is 0 Å². The van der Waals surface area contributed by atoms with Gasteiger partial charge in [0.2, 0.25) is 0 Å². The second-order valence-corrected chi connectivity index (χ2v) is 18.5. The summed E-state index contributed by atoms with van der Waals surface area (Å²) in [5.41, 5.74) is 13.4. The quantitative estimate of drug-likeness (QED) is 0.185. The maximum atomic E-state index is 5.56. The minimum Gasteiger partial charge on any atom is -0.304 e. The number of anilines is 2. The van der Waals surface area contributed by atoms with Crippen molar-refractivity contribution in [3.8, 4) is 22.3 Å². The lowest BCUT2D eigenvalue weighted by Gasteiger charge is -2.29. The van der Waals surface area contributed by atoms with E-state index in [4.69, 9.17) is 5.10 Å². The van der Waals surface area contributed by atoms with Gasteiger partial charge in [-0.05, 0) is 109 Å². The summed E-state index contributed by atoms with van der Waals surface area (Å²) in [6.45, 7) is 28.2. The van der Waals surface area contributed by atoms with E-state index < -0.39 is 0 Å². The van der Waals surface area contributed by atoms with E-state index in [9.17, 15) is 0 Å². The van der Waals surface area contributed by atoms with Crippen LogP contribution in [0.25, 0.3) is 22.3 Å². The average Bonchev–Trinajstić information content (AvgIpc) is 3.53. The molecule has 51 heavy (non-hydrogen) atoms. The molecule has 1 heterocycles. The molecule has 0 unspecified atom stereocenters. The highest BCUT2D eigenvalue weighted by molar-refractivity contribution is 6.12. The molecular weight excluding hydrogens is 619 g/mol. The van der Waals surface area contributed by atoms with Crippen molar-refractivity contribution in [1.82, 2.24) is 0 Å². The molecule has 0 aliphatic carbocycles. The van der Waals surface area contributed by atoms with Crippen LogP contribution in [0, 0.1) is 0 Å². The molecular formula is C48H57N3. The SMILES string of the molecule is CC(C)(C)c1cc(C2=NN(c3cc(C(C)(C)C)cc(C(C)(C)C)c3)CN2c2cc(-c3ccccc3)cc(-c3ccccc3)c2)cc(C(C)(C)C)c1. The van der Waals surface area contributed by atoms with Gasteiger partial charge in [0, 0.05) is 11.3 Å². The largest absolute Gasteiger partial charge is 0.304 e. The molecule has 0 N–H and O–H groups in total. The highest BCUT2D eigenvalue weighted by Crippen LogP contribution is 2.39. The Morgan fingerprint density at radius 2 is 0.784 bits per heavy atom. The van der Waals surface area contributed by atoms with E-state index in [1.807, 2.05) is 0 Å². The molecule has 0 amide bonds. The first-order valence-corrected chi connectivity index (χ1v) is 18.5. The van der Waals surface area contributed by atoms with E-state index in [-0.39, 0.29) is 21.7 Å². The average molecular weight is 676 g/mol. The number of amidine groups is 1. The minimum atomic E-state index is -0.0178. The number of hydrogen-bond acceptors (Lipinski definition) is 3. The van der Waals surface area contributed by atoms with E-state index in [0.29, 0.717) is 6.67 Å². The molecule has 0 saturated carbocycles. The molecule has 0 radical (unpaired) electrons. The van der Waals surface area contributed by atoms with Gasteiger partial charge < -0.3 is 4.90 Å². The highest BCUT2D eigenvalue weighted by atomic mass is 15.6. The molecule has 3 nitrogen and oxygen atoms in total. The molecule has 264 valence electrons. The number of hydrazone groups is 1. The molecule has 0 atom stereocenters. The Morgan fingerprint density at radius 1 is 0.392 bits per heavy atom. The zero-order valence-electron chi connectivity index (χ0n) is 33.0. The Morgan fingerprint density at radius 3 is 1.18 bits per heavy atom. The summed E-state index contributed by atoms with van der Waals surface area (Å²) in [5, 5.41) is 7.78. The second-order valence-electron chi connectivity index (χ2n) is 18.5. The first-order chi connectivity index (χ1) is 23.8. The fourth-order valence-corrected chi connectivity index (χ4v) is 6.57. The summed E-state index contributed by atoms with van der Waals surface area (Å²) in [5.74, 6) is 0.967. The molecule has 5 aromatic carbocycles.